The third-order valence-corrected chi connectivity index (χ3v) is 3.24. The van der Waals surface area contributed by atoms with Crippen molar-refractivity contribution in [3.63, 3.8) is 0 Å². The van der Waals surface area contributed by atoms with Gasteiger partial charge < -0.3 is 5.32 Å². The standard InChI is InChI=1S/C16H15ClN2/c1-11(2)13-4-3-5-14(9-13)19-16-7-6-12(10-18)8-15(16)17/h3-9,11,19H,1-2H3. The zero-order chi connectivity index (χ0) is 13.8. The highest BCUT2D eigenvalue weighted by atomic mass is 35.5. The molecule has 2 aromatic rings. The monoisotopic (exact) mass is 270 g/mol. The maximum atomic E-state index is 8.81. The molecule has 1 N–H and O–H groups in total. The van der Waals surface area contributed by atoms with E-state index in [9.17, 15) is 0 Å². The van der Waals surface area contributed by atoms with Gasteiger partial charge in [0.2, 0.25) is 0 Å². The smallest absolute Gasteiger partial charge is 0.0992 e. The van der Waals surface area contributed by atoms with Gasteiger partial charge in [0.15, 0.2) is 0 Å². The van der Waals surface area contributed by atoms with E-state index in [1.807, 2.05) is 18.2 Å². The van der Waals surface area contributed by atoms with Gasteiger partial charge in [0.25, 0.3) is 0 Å². The van der Waals surface area contributed by atoms with Gasteiger partial charge >= 0.3 is 0 Å². The molecule has 0 heterocycles. The van der Waals surface area contributed by atoms with Crippen LogP contribution in [0.4, 0.5) is 11.4 Å². The van der Waals surface area contributed by atoms with E-state index >= 15 is 0 Å². The molecule has 96 valence electrons. The molecular formula is C16H15ClN2. The minimum Gasteiger partial charge on any atom is -0.354 e. The first-order valence-corrected chi connectivity index (χ1v) is 6.54. The van der Waals surface area contributed by atoms with E-state index in [0.717, 1.165) is 11.4 Å². The van der Waals surface area contributed by atoms with E-state index in [4.69, 9.17) is 16.9 Å². The van der Waals surface area contributed by atoms with Gasteiger partial charge in [0.1, 0.15) is 0 Å². The quantitative estimate of drug-likeness (QED) is 0.844. The molecule has 0 aliphatic carbocycles. The van der Waals surface area contributed by atoms with Gasteiger partial charge in [-0.15, -0.1) is 0 Å². The minimum atomic E-state index is 0.484. The van der Waals surface area contributed by atoms with Gasteiger partial charge in [-0.3, -0.25) is 0 Å². The topological polar surface area (TPSA) is 35.8 Å². The molecule has 2 rings (SSSR count). The van der Waals surface area contributed by atoms with Crippen molar-refractivity contribution >= 4 is 23.0 Å². The van der Waals surface area contributed by atoms with Gasteiger partial charge in [-0.05, 0) is 41.8 Å². The van der Waals surface area contributed by atoms with Crippen molar-refractivity contribution in [3.8, 4) is 6.07 Å². The van der Waals surface area contributed by atoms with E-state index in [0.29, 0.717) is 16.5 Å². The summed E-state index contributed by atoms with van der Waals surface area (Å²) < 4.78 is 0. The van der Waals surface area contributed by atoms with Crippen LogP contribution in [-0.2, 0) is 0 Å². The van der Waals surface area contributed by atoms with Crippen LogP contribution in [0, 0.1) is 11.3 Å². The molecule has 0 fully saturated rings. The van der Waals surface area contributed by atoms with Crippen molar-refractivity contribution in [1.29, 1.82) is 5.26 Å². The molecule has 0 amide bonds. The fourth-order valence-corrected chi connectivity index (χ4v) is 2.04. The summed E-state index contributed by atoms with van der Waals surface area (Å²) in [4.78, 5) is 0. The van der Waals surface area contributed by atoms with Crippen LogP contribution in [0.15, 0.2) is 42.5 Å². The molecule has 0 aliphatic rings. The summed E-state index contributed by atoms with van der Waals surface area (Å²) in [6.07, 6.45) is 0. The average molecular weight is 271 g/mol. The maximum absolute atomic E-state index is 8.81. The zero-order valence-corrected chi connectivity index (χ0v) is 11.7. The Balaban J connectivity index is 2.26. The Morgan fingerprint density at radius 3 is 2.58 bits per heavy atom. The molecule has 0 atom stereocenters. The summed E-state index contributed by atoms with van der Waals surface area (Å²) >= 11 is 6.15. The number of nitrogens with one attached hydrogen (secondary N) is 1. The molecule has 0 unspecified atom stereocenters. The summed E-state index contributed by atoms with van der Waals surface area (Å²) in [5, 5.41) is 12.6. The molecule has 0 bridgehead atoms. The highest BCUT2D eigenvalue weighted by Crippen LogP contribution is 2.27. The number of rotatable bonds is 3. The third-order valence-electron chi connectivity index (χ3n) is 2.93. The fourth-order valence-electron chi connectivity index (χ4n) is 1.82. The van der Waals surface area contributed by atoms with Crippen molar-refractivity contribution in [1.82, 2.24) is 0 Å². The molecule has 3 heteroatoms. The second-order valence-corrected chi connectivity index (χ2v) is 5.12. The molecule has 0 saturated carbocycles. The second kappa shape index (κ2) is 5.77. The first kappa shape index (κ1) is 13.5. The molecule has 0 radical (unpaired) electrons. The van der Waals surface area contributed by atoms with Gasteiger partial charge in [0, 0.05) is 5.69 Å². The SMILES string of the molecule is CC(C)c1cccc(Nc2ccc(C#N)cc2Cl)c1. The summed E-state index contributed by atoms with van der Waals surface area (Å²) in [5.41, 5.74) is 3.64. The predicted octanol–water partition coefficient (Wildman–Crippen LogP) is 5.08. The van der Waals surface area contributed by atoms with Crippen LogP contribution in [0.2, 0.25) is 5.02 Å². The fraction of sp³-hybridized carbons (Fsp3) is 0.188. The largest absolute Gasteiger partial charge is 0.354 e. The Morgan fingerprint density at radius 2 is 1.95 bits per heavy atom. The number of halogens is 1. The Hall–Kier alpha value is -1.98. The molecule has 2 aromatic carbocycles. The Bertz CT molecular complexity index is 627. The van der Waals surface area contributed by atoms with Crippen molar-refractivity contribution in [3.05, 3.63) is 58.6 Å². The number of nitrogens with zero attached hydrogens (tertiary/aromatic N) is 1. The van der Waals surface area contributed by atoms with Crippen molar-refractivity contribution in [2.75, 3.05) is 5.32 Å². The maximum Gasteiger partial charge on any atom is 0.0992 e. The summed E-state index contributed by atoms with van der Waals surface area (Å²) in [6.45, 7) is 4.32. The van der Waals surface area contributed by atoms with Crippen LogP contribution in [0.5, 0.6) is 0 Å². The first-order chi connectivity index (χ1) is 9.10. The second-order valence-electron chi connectivity index (χ2n) is 4.71. The zero-order valence-electron chi connectivity index (χ0n) is 10.9. The summed E-state index contributed by atoms with van der Waals surface area (Å²) in [5.74, 6) is 0.484. The highest BCUT2D eigenvalue weighted by molar-refractivity contribution is 6.33. The molecule has 2 nitrogen and oxygen atoms in total. The molecule has 0 aromatic heterocycles. The lowest BCUT2D eigenvalue weighted by Crippen LogP contribution is -1.94. The van der Waals surface area contributed by atoms with Crippen LogP contribution in [0.1, 0.15) is 30.9 Å². The Morgan fingerprint density at radius 1 is 1.16 bits per heavy atom. The minimum absolute atomic E-state index is 0.484. The molecule has 0 spiro atoms. The lowest BCUT2D eigenvalue weighted by molar-refractivity contribution is 0.867. The van der Waals surface area contributed by atoms with Crippen LogP contribution >= 0.6 is 11.6 Å². The molecule has 19 heavy (non-hydrogen) atoms. The van der Waals surface area contributed by atoms with Crippen molar-refractivity contribution in [2.45, 2.75) is 19.8 Å². The van der Waals surface area contributed by atoms with Gasteiger partial charge in [-0.25, -0.2) is 0 Å². The van der Waals surface area contributed by atoms with E-state index in [2.05, 4.69) is 37.4 Å². The average Bonchev–Trinajstić information content (AvgIpc) is 2.41. The van der Waals surface area contributed by atoms with Crippen LogP contribution in [0.25, 0.3) is 0 Å². The van der Waals surface area contributed by atoms with Crippen molar-refractivity contribution < 1.29 is 0 Å². The van der Waals surface area contributed by atoms with E-state index in [1.165, 1.54) is 5.56 Å². The number of nitriles is 1. The lowest BCUT2D eigenvalue weighted by Gasteiger charge is -2.11. The van der Waals surface area contributed by atoms with Gasteiger partial charge in [-0.2, -0.15) is 5.26 Å². The molecule has 0 saturated heterocycles. The summed E-state index contributed by atoms with van der Waals surface area (Å²) in [7, 11) is 0. The number of hydrogen-bond acceptors (Lipinski definition) is 2. The van der Waals surface area contributed by atoms with E-state index in [-0.39, 0.29) is 0 Å². The highest BCUT2D eigenvalue weighted by Gasteiger charge is 2.04. The Labute approximate surface area is 118 Å². The number of hydrogen-bond donors (Lipinski definition) is 1. The number of benzene rings is 2. The first-order valence-electron chi connectivity index (χ1n) is 6.17. The Kier molecular flexibility index (Phi) is 4.09. The van der Waals surface area contributed by atoms with E-state index in [1.54, 1.807) is 12.1 Å². The number of anilines is 2. The van der Waals surface area contributed by atoms with Gasteiger partial charge in [-0.1, -0.05) is 37.6 Å². The predicted molar refractivity (Wildman–Crippen MR) is 80.0 cm³/mol. The van der Waals surface area contributed by atoms with Crippen molar-refractivity contribution in [2.24, 2.45) is 0 Å². The van der Waals surface area contributed by atoms with Crippen LogP contribution in [0.3, 0.4) is 0 Å². The van der Waals surface area contributed by atoms with Gasteiger partial charge in [0.05, 0.1) is 22.3 Å². The van der Waals surface area contributed by atoms with Crippen LogP contribution in [-0.4, -0.2) is 0 Å². The van der Waals surface area contributed by atoms with E-state index < -0.39 is 0 Å². The summed E-state index contributed by atoms with van der Waals surface area (Å²) in [6, 6.07) is 15.5. The lowest BCUT2D eigenvalue weighted by atomic mass is 10.0. The normalized spacial score (nSPS) is 10.3. The van der Waals surface area contributed by atoms with Crippen LogP contribution < -0.4 is 5.32 Å². The molecule has 0 aliphatic heterocycles. The molecular weight excluding hydrogens is 256 g/mol. The third kappa shape index (κ3) is 3.27.